The molecule has 7 nitrogen and oxygen atoms in total. The van der Waals surface area contributed by atoms with E-state index in [9.17, 15) is 15.8 Å². The van der Waals surface area contributed by atoms with E-state index >= 15 is 0 Å². The number of hydrogen-bond acceptors (Lipinski definition) is 7. The first-order valence-corrected chi connectivity index (χ1v) is 7.01. The van der Waals surface area contributed by atoms with E-state index in [0.717, 1.165) is 0 Å². The normalized spacial score (nSPS) is 37.1. The average Bonchev–Trinajstić information content (AvgIpc) is 2.57. The van der Waals surface area contributed by atoms with Crippen molar-refractivity contribution in [1.82, 2.24) is 4.98 Å². The zero-order chi connectivity index (χ0) is 16.9. The number of nitriles is 3. The molecule has 3 saturated heterocycles. The summed E-state index contributed by atoms with van der Waals surface area (Å²) in [6, 6.07) is 9.28. The van der Waals surface area contributed by atoms with Gasteiger partial charge in [0, 0.05) is 19.3 Å². The molecule has 0 aromatic carbocycles. The van der Waals surface area contributed by atoms with Crippen molar-refractivity contribution in [1.29, 1.82) is 21.2 Å². The van der Waals surface area contributed by atoms with Crippen LogP contribution in [0.25, 0.3) is 0 Å². The molecule has 0 aliphatic carbocycles. The number of aromatic nitrogens is 1. The zero-order valence-corrected chi connectivity index (χ0v) is 12.6. The van der Waals surface area contributed by atoms with E-state index in [-0.39, 0.29) is 0 Å². The van der Waals surface area contributed by atoms with Gasteiger partial charge in [-0.2, -0.15) is 15.8 Å². The number of nitrogens with zero attached hydrogens (tertiary/aromatic N) is 4. The van der Waals surface area contributed by atoms with Crippen LogP contribution in [0.3, 0.4) is 0 Å². The Kier molecular flexibility index (Phi) is 2.94. The van der Waals surface area contributed by atoms with E-state index in [1.165, 1.54) is 12.4 Å². The van der Waals surface area contributed by atoms with Crippen LogP contribution < -0.4 is 0 Å². The Balaban J connectivity index is 2.35. The van der Waals surface area contributed by atoms with Crippen molar-refractivity contribution in [2.45, 2.75) is 25.7 Å². The van der Waals surface area contributed by atoms with Crippen LogP contribution in [0.2, 0.25) is 0 Å². The Morgan fingerprint density at radius 3 is 2.30 bits per heavy atom. The highest BCUT2D eigenvalue weighted by Gasteiger charge is 2.77. The predicted octanol–water partition coefficient (Wildman–Crippen LogP) is 2.06. The Morgan fingerprint density at radius 2 is 1.78 bits per heavy atom. The number of ether oxygens (including phenoxy) is 2. The molecule has 3 fully saturated rings. The summed E-state index contributed by atoms with van der Waals surface area (Å²) < 4.78 is 11.5. The molecule has 1 aromatic rings. The lowest BCUT2D eigenvalue weighted by atomic mass is 9.51. The largest absolute Gasteiger partial charge is 0.448 e. The maximum Gasteiger partial charge on any atom is 0.215 e. The van der Waals surface area contributed by atoms with Crippen LogP contribution in [0.1, 0.15) is 25.5 Å². The Bertz CT molecular complexity index is 788. The molecule has 7 heteroatoms. The third-order valence-corrected chi connectivity index (χ3v) is 5.00. The maximum absolute atomic E-state index is 9.90. The third kappa shape index (κ3) is 1.49. The summed E-state index contributed by atoms with van der Waals surface area (Å²) in [5, 5.41) is 37.7. The molecular weight excluding hydrogens is 294 g/mol. The second-order valence-electron chi connectivity index (χ2n) is 5.90. The molecule has 1 aromatic heterocycles. The van der Waals surface area contributed by atoms with E-state index in [0.29, 0.717) is 5.56 Å². The lowest BCUT2D eigenvalue weighted by Gasteiger charge is -2.60. The standard InChI is InChI=1S/C16H13N5O2/c1-10-14(2)22-12(11-3-5-21-6-4-11)16(9-19,13(20)23-14)15(10,7-17)8-18/h3-6,10,12,20H,1-2H3/t10-,12-,14-,16-/m1/s1. The number of nitrogens with one attached hydrogen (secondary N) is 1. The highest BCUT2D eigenvalue weighted by Crippen LogP contribution is 2.66. The lowest BCUT2D eigenvalue weighted by Crippen LogP contribution is -2.71. The number of hydrogen-bond donors (Lipinski definition) is 1. The molecule has 4 heterocycles. The van der Waals surface area contributed by atoms with E-state index in [2.05, 4.69) is 4.98 Å². The first-order chi connectivity index (χ1) is 10.9. The second-order valence-corrected chi connectivity index (χ2v) is 5.90. The van der Waals surface area contributed by atoms with Crippen LogP contribution in [-0.2, 0) is 9.47 Å². The highest BCUT2D eigenvalue weighted by atomic mass is 16.7. The van der Waals surface area contributed by atoms with Gasteiger partial charge in [-0.25, -0.2) is 0 Å². The number of fused-ring (bicyclic) bond motifs is 3. The third-order valence-electron chi connectivity index (χ3n) is 5.00. The molecule has 3 aliphatic heterocycles. The first kappa shape index (κ1) is 15.0. The van der Waals surface area contributed by atoms with Crippen molar-refractivity contribution < 1.29 is 9.47 Å². The van der Waals surface area contributed by atoms with Gasteiger partial charge in [-0.05, 0) is 17.7 Å². The molecule has 0 radical (unpaired) electrons. The molecule has 3 aliphatic rings. The summed E-state index contributed by atoms with van der Waals surface area (Å²) in [5.41, 5.74) is -3.02. The van der Waals surface area contributed by atoms with Crippen molar-refractivity contribution in [2.24, 2.45) is 16.7 Å². The molecule has 114 valence electrons. The predicted molar refractivity (Wildman–Crippen MR) is 76.1 cm³/mol. The van der Waals surface area contributed by atoms with Gasteiger partial charge in [0.05, 0.1) is 24.1 Å². The van der Waals surface area contributed by atoms with Gasteiger partial charge in [0.2, 0.25) is 11.7 Å². The fourth-order valence-electron chi connectivity index (χ4n) is 3.51. The number of rotatable bonds is 1. The molecule has 0 amide bonds. The van der Waals surface area contributed by atoms with Gasteiger partial charge in [-0.15, -0.1) is 0 Å². The van der Waals surface area contributed by atoms with Crippen molar-refractivity contribution in [3.05, 3.63) is 30.1 Å². The molecule has 1 N–H and O–H groups in total. The monoisotopic (exact) mass is 307 g/mol. The van der Waals surface area contributed by atoms with Gasteiger partial charge < -0.3 is 9.47 Å². The summed E-state index contributed by atoms with van der Waals surface area (Å²) in [7, 11) is 0. The van der Waals surface area contributed by atoms with Crippen LogP contribution in [0.15, 0.2) is 24.5 Å². The van der Waals surface area contributed by atoms with Crippen LogP contribution >= 0.6 is 0 Å². The van der Waals surface area contributed by atoms with Crippen molar-refractivity contribution in [3.8, 4) is 18.2 Å². The first-order valence-electron chi connectivity index (χ1n) is 7.01. The van der Waals surface area contributed by atoms with Gasteiger partial charge in [0.25, 0.3) is 0 Å². The van der Waals surface area contributed by atoms with Crippen LogP contribution in [0.5, 0.6) is 0 Å². The van der Waals surface area contributed by atoms with Gasteiger partial charge in [-0.3, -0.25) is 10.4 Å². The molecule has 4 rings (SSSR count). The molecule has 2 bridgehead atoms. The fraction of sp³-hybridized carbons (Fsp3) is 0.438. The van der Waals surface area contributed by atoms with Crippen LogP contribution in [-0.4, -0.2) is 16.7 Å². The van der Waals surface area contributed by atoms with Crippen LogP contribution in [0.4, 0.5) is 0 Å². The molecule has 0 spiro atoms. The van der Waals surface area contributed by atoms with Gasteiger partial charge in [-0.1, -0.05) is 6.92 Å². The lowest BCUT2D eigenvalue weighted by molar-refractivity contribution is -0.338. The van der Waals surface area contributed by atoms with Crippen molar-refractivity contribution >= 4 is 5.90 Å². The molecule has 23 heavy (non-hydrogen) atoms. The molecule has 0 unspecified atom stereocenters. The molecular formula is C16H13N5O2. The van der Waals surface area contributed by atoms with E-state index in [1.807, 2.05) is 18.2 Å². The topological polar surface area (TPSA) is 127 Å². The average molecular weight is 307 g/mol. The quantitative estimate of drug-likeness (QED) is 0.846. The minimum absolute atomic E-state index is 0.406. The van der Waals surface area contributed by atoms with Crippen LogP contribution in [0, 0.1) is 56.2 Å². The summed E-state index contributed by atoms with van der Waals surface area (Å²) in [4.78, 5) is 3.93. The second kappa shape index (κ2) is 4.52. The summed E-state index contributed by atoms with van der Waals surface area (Å²) in [5.74, 6) is -2.46. The van der Waals surface area contributed by atoms with Crippen molar-refractivity contribution in [2.75, 3.05) is 0 Å². The fourth-order valence-corrected chi connectivity index (χ4v) is 3.51. The zero-order valence-electron chi connectivity index (χ0n) is 12.6. The Morgan fingerprint density at radius 1 is 1.17 bits per heavy atom. The maximum atomic E-state index is 9.90. The molecule has 4 atom stereocenters. The SMILES string of the molecule is C[C@H]1C(C#N)(C#N)[C@@]2(C#N)C(=N)O[C@@]1(C)O[C@@H]2c1ccncc1. The summed E-state index contributed by atoms with van der Waals surface area (Å²) in [6.07, 6.45) is 2.10. The van der Waals surface area contributed by atoms with Gasteiger partial charge in [0.1, 0.15) is 6.10 Å². The van der Waals surface area contributed by atoms with E-state index < -0.39 is 34.5 Å². The minimum Gasteiger partial charge on any atom is -0.448 e. The number of pyridine rings is 1. The summed E-state index contributed by atoms with van der Waals surface area (Å²) >= 11 is 0. The Labute approximate surface area is 133 Å². The van der Waals surface area contributed by atoms with E-state index in [4.69, 9.17) is 14.9 Å². The molecule has 0 saturated carbocycles. The minimum atomic E-state index is -1.84. The Hall–Kier alpha value is -2.95. The van der Waals surface area contributed by atoms with Gasteiger partial charge in [0.15, 0.2) is 10.8 Å². The highest BCUT2D eigenvalue weighted by molar-refractivity contribution is 5.88. The van der Waals surface area contributed by atoms with Gasteiger partial charge >= 0.3 is 0 Å². The smallest absolute Gasteiger partial charge is 0.215 e. The van der Waals surface area contributed by atoms with Crippen molar-refractivity contribution in [3.63, 3.8) is 0 Å². The van der Waals surface area contributed by atoms with E-state index in [1.54, 1.807) is 26.0 Å². The summed E-state index contributed by atoms with van der Waals surface area (Å²) in [6.45, 7) is 3.22.